The van der Waals surface area contributed by atoms with Crippen molar-refractivity contribution in [1.29, 1.82) is 0 Å². The van der Waals surface area contributed by atoms with Crippen molar-refractivity contribution in [3.05, 3.63) is 28.8 Å². The smallest absolute Gasteiger partial charge is 0.116 e. The van der Waals surface area contributed by atoms with Crippen molar-refractivity contribution in [3.63, 3.8) is 0 Å². The molecule has 2 unspecified atom stereocenters. The number of nitrogens with two attached hydrogens (primary N) is 1. The minimum absolute atomic E-state index is 0.249. The molecule has 0 radical (unpaired) electrons. The van der Waals surface area contributed by atoms with Gasteiger partial charge in [0.25, 0.3) is 0 Å². The second kappa shape index (κ2) is 5.32. The van der Waals surface area contributed by atoms with Gasteiger partial charge in [0, 0.05) is 6.54 Å². The van der Waals surface area contributed by atoms with E-state index in [-0.39, 0.29) is 5.92 Å². The second-order valence-corrected chi connectivity index (χ2v) is 4.52. The highest BCUT2D eigenvalue weighted by atomic mass is 16.3. The van der Waals surface area contributed by atoms with Crippen LogP contribution in [0.2, 0.25) is 0 Å². The third-order valence-corrected chi connectivity index (χ3v) is 2.97. The van der Waals surface area contributed by atoms with Crippen LogP contribution in [-0.2, 0) is 0 Å². The van der Waals surface area contributed by atoms with Crippen LogP contribution >= 0.6 is 0 Å². The summed E-state index contributed by atoms with van der Waals surface area (Å²) in [5.74, 6) is 0.546. The monoisotopic (exact) mass is 223 g/mol. The van der Waals surface area contributed by atoms with Crippen molar-refractivity contribution in [1.82, 2.24) is 0 Å². The Morgan fingerprint density at radius 2 is 1.75 bits per heavy atom. The highest BCUT2D eigenvalue weighted by molar-refractivity contribution is 5.42. The molecular weight excluding hydrogens is 202 g/mol. The van der Waals surface area contributed by atoms with Gasteiger partial charge in [-0.2, -0.15) is 0 Å². The van der Waals surface area contributed by atoms with Crippen molar-refractivity contribution in [3.8, 4) is 5.75 Å². The van der Waals surface area contributed by atoms with Gasteiger partial charge in [0.1, 0.15) is 5.75 Å². The Morgan fingerprint density at radius 3 is 2.19 bits per heavy atom. The Hall–Kier alpha value is -1.06. The van der Waals surface area contributed by atoms with E-state index in [0.29, 0.717) is 18.7 Å². The van der Waals surface area contributed by atoms with E-state index in [1.807, 2.05) is 13.8 Å². The molecule has 1 rings (SSSR count). The third-order valence-electron chi connectivity index (χ3n) is 2.97. The van der Waals surface area contributed by atoms with E-state index < -0.39 is 6.10 Å². The lowest BCUT2D eigenvalue weighted by Gasteiger charge is -2.20. The van der Waals surface area contributed by atoms with Crippen LogP contribution in [0.5, 0.6) is 5.75 Å². The number of phenols is 1. The maximum atomic E-state index is 9.55. The summed E-state index contributed by atoms with van der Waals surface area (Å²) in [6.45, 7) is 6.33. The molecule has 0 aliphatic rings. The van der Waals surface area contributed by atoms with E-state index in [1.54, 1.807) is 12.1 Å². The molecule has 16 heavy (non-hydrogen) atoms. The predicted molar refractivity (Wildman–Crippen MR) is 65.7 cm³/mol. The predicted octanol–water partition coefficient (Wildman–Crippen LogP) is 1.82. The number of hydrogen-bond donors (Lipinski definition) is 3. The van der Waals surface area contributed by atoms with Crippen LogP contribution in [0, 0.1) is 13.8 Å². The lowest BCUT2D eigenvalue weighted by Crippen LogP contribution is -2.22. The molecular formula is C13H21NO2. The van der Waals surface area contributed by atoms with E-state index in [0.717, 1.165) is 11.1 Å². The van der Waals surface area contributed by atoms with Crippen molar-refractivity contribution in [2.24, 2.45) is 5.73 Å². The fraction of sp³-hybridized carbons (Fsp3) is 0.538. The molecule has 0 amide bonds. The van der Waals surface area contributed by atoms with Crippen molar-refractivity contribution >= 4 is 0 Å². The first-order valence-corrected chi connectivity index (χ1v) is 5.64. The summed E-state index contributed by atoms with van der Waals surface area (Å²) in [4.78, 5) is 0. The van der Waals surface area contributed by atoms with Gasteiger partial charge in [-0.1, -0.05) is 6.92 Å². The largest absolute Gasteiger partial charge is 0.508 e. The number of aliphatic hydroxyl groups is 1. The molecule has 0 aliphatic heterocycles. The average Bonchev–Trinajstić information content (AvgIpc) is 2.15. The molecule has 2 atom stereocenters. The molecule has 1 aromatic rings. The van der Waals surface area contributed by atoms with Crippen LogP contribution < -0.4 is 5.73 Å². The molecule has 0 saturated heterocycles. The number of aliphatic hydroxyl groups excluding tert-OH is 1. The van der Waals surface area contributed by atoms with Gasteiger partial charge >= 0.3 is 0 Å². The first-order chi connectivity index (χ1) is 7.45. The van der Waals surface area contributed by atoms with Gasteiger partial charge in [-0.05, 0) is 55.0 Å². The van der Waals surface area contributed by atoms with E-state index in [1.165, 1.54) is 5.56 Å². The number of aromatic hydroxyl groups is 1. The molecule has 0 heterocycles. The molecule has 0 saturated carbocycles. The minimum atomic E-state index is -0.456. The maximum absolute atomic E-state index is 9.55. The lowest BCUT2D eigenvalue weighted by molar-refractivity contribution is 0.165. The van der Waals surface area contributed by atoms with Crippen molar-refractivity contribution in [2.75, 3.05) is 6.54 Å². The van der Waals surface area contributed by atoms with Crippen LogP contribution in [0.1, 0.15) is 36.0 Å². The molecule has 4 N–H and O–H groups in total. The van der Waals surface area contributed by atoms with Crippen LogP contribution in [0.25, 0.3) is 0 Å². The maximum Gasteiger partial charge on any atom is 0.116 e. The Balaban J connectivity index is 2.95. The third kappa shape index (κ3) is 2.97. The van der Waals surface area contributed by atoms with E-state index in [9.17, 15) is 10.2 Å². The summed E-state index contributed by atoms with van der Waals surface area (Å²) >= 11 is 0. The Morgan fingerprint density at radius 1 is 1.25 bits per heavy atom. The Labute approximate surface area is 96.9 Å². The zero-order valence-corrected chi connectivity index (χ0v) is 10.2. The fourth-order valence-corrected chi connectivity index (χ4v) is 2.35. The summed E-state index contributed by atoms with van der Waals surface area (Å²) in [5, 5.41) is 19.0. The number of hydrogen-bond acceptors (Lipinski definition) is 3. The molecule has 1 aromatic carbocycles. The SMILES string of the molecule is Cc1cc(O)cc(C)c1C(C)CC(O)CN. The van der Waals surface area contributed by atoms with E-state index in [2.05, 4.69) is 6.92 Å². The van der Waals surface area contributed by atoms with Gasteiger partial charge in [-0.15, -0.1) is 0 Å². The Bertz CT molecular complexity index is 340. The summed E-state index contributed by atoms with van der Waals surface area (Å²) in [6.07, 6.45) is 0.200. The minimum Gasteiger partial charge on any atom is -0.508 e. The highest BCUT2D eigenvalue weighted by Crippen LogP contribution is 2.30. The van der Waals surface area contributed by atoms with Gasteiger partial charge in [-0.3, -0.25) is 0 Å². The summed E-state index contributed by atoms with van der Waals surface area (Å²) in [5.41, 5.74) is 8.74. The molecule has 0 aromatic heterocycles. The number of aryl methyl sites for hydroxylation is 2. The highest BCUT2D eigenvalue weighted by Gasteiger charge is 2.15. The second-order valence-electron chi connectivity index (χ2n) is 4.52. The first kappa shape index (κ1) is 13.0. The number of benzene rings is 1. The van der Waals surface area contributed by atoms with Crippen LogP contribution in [0.3, 0.4) is 0 Å². The summed E-state index contributed by atoms with van der Waals surface area (Å²) < 4.78 is 0. The molecule has 3 heteroatoms. The topological polar surface area (TPSA) is 66.5 Å². The first-order valence-electron chi connectivity index (χ1n) is 5.64. The lowest BCUT2D eigenvalue weighted by atomic mass is 9.88. The fourth-order valence-electron chi connectivity index (χ4n) is 2.35. The standard InChI is InChI=1S/C13H21NO2/c1-8-4-11(15)5-9(2)13(8)10(3)6-12(16)7-14/h4-5,10,12,15-16H,6-7,14H2,1-3H3. The van der Waals surface area contributed by atoms with E-state index >= 15 is 0 Å². The van der Waals surface area contributed by atoms with Gasteiger partial charge in [0.2, 0.25) is 0 Å². The van der Waals surface area contributed by atoms with Crippen LogP contribution in [-0.4, -0.2) is 22.9 Å². The summed E-state index contributed by atoms with van der Waals surface area (Å²) in [6, 6.07) is 3.52. The molecule has 0 spiro atoms. The quantitative estimate of drug-likeness (QED) is 0.729. The van der Waals surface area contributed by atoms with Gasteiger partial charge in [-0.25, -0.2) is 0 Å². The average molecular weight is 223 g/mol. The van der Waals surface area contributed by atoms with Crippen LogP contribution in [0.15, 0.2) is 12.1 Å². The van der Waals surface area contributed by atoms with Gasteiger partial charge < -0.3 is 15.9 Å². The van der Waals surface area contributed by atoms with Crippen molar-refractivity contribution in [2.45, 2.75) is 39.2 Å². The summed E-state index contributed by atoms with van der Waals surface area (Å²) in [7, 11) is 0. The van der Waals surface area contributed by atoms with Gasteiger partial charge in [0.05, 0.1) is 6.10 Å². The molecule has 0 fully saturated rings. The van der Waals surface area contributed by atoms with E-state index in [4.69, 9.17) is 5.73 Å². The Kier molecular flexibility index (Phi) is 4.33. The van der Waals surface area contributed by atoms with Crippen molar-refractivity contribution < 1.29 is 10.2 Å². The molecule has 90 valence electrons. The zero-order valence-electron chi connectivity index (χ0n) is 10.2. The number of phenolic OH excluding ortho intramolecular Hbond substituents is 1. The zero-order chi connectivity index (χ0) is 12.3. The normalized spacial score (nSPS) is 14.8. The molecule has 0 aliphatic carbocycles. The molecule has 0 bridgehead atoms. The number of rotatable bonds is 4. The van der Waals surface area contributed by atoms with Gasteiger partial charge in [0.15, 0.2) is 0 Å². The molecule has 3 nitrogen and oxygen atoms in total. The van der Waals surface area contributed by atoms with Crippen LogP contribution in [0.4, 0.5) is 0 Å².